The zero-order valence-electron chi connectivity index (χ0n) is 13.2. The van der Waals surface area contributed by atoms with E-state index in [9.17, 15) is 4.79 Å². The molecule has 4 heteroatoms. The highest BCUT2D eigenvalue weighted by Gasteiger charge is 2.32. The molecule has 0 aromatic heterocycles. The number of fused-ring (bicyclic) bond motifs is 1. The minimum Gasteiger partial charge on any atom is -0.378 e. The predicted octanol–water partition coefficient (Wildman–Crippen LogP) is 2.46. The molecule has 21 heavy (non-hydrogen) atoms. The standard InChI is InChI=1S/C17H24N2O2/c1-17(2,3)16(20)19-7-6-13-12-14(4-5-15(13)19)18-8-10-21-11-9-18/h4-5,12H,6-11H2,1-3H3. The van der Waals surface area contributed by atoms with Gasteiger partial charge in [-0.15, -0.1) is 0 Å². The van der Waals surface area contributed by atoms with Crippen molar-refractivity contribution in [2.45, 2.75) is 27.2 Å². The average molecular weight is 288 g/mol. The van der Waals surface area contributed by atoms with Crippen LogP contribution < -0.4 is 9.80 Å². The van der Waals surface area contributed by atoms with Crippen molar-refractivity contribution in [3.63, 3.8) is 0 Å². The molecule has 0 N–H and O–H groups in total. The van der Waals surface area contributed by atoms with Gasteiger partial charge in [0, 0.05) is 36.4 Å². The molecule has 2 heterocycles. The molecule has 0 bridgehead atoms. The van der Waals surface area contributed by atoms with Crippen molar-refractivity contribution in [1.82, 2.24) is 0 Å². The molecule has 0 aliphatic carbocycles. The molecule has 0 radical (unpaired) electrons. The molecule has 1 saturated heterocycles. The number of ether oxygens (including phenoxy) is 1. The summed E-state index contributed by atoms with van der Waals surface area (Å²) in [5.74, 6) is 0.209. The van der Waals surface area contributed by atoms with Crippen molar-refractivity contribution >= 4 is 17.3 Å². The maximum Gasteiger partial charge on any atom is 0.232 e. The van der Waals surface area contributed by atoms with Crippen LogP contribution in [0.2, 0.25) is 0 Å². The van der Waals surface area contributed by atoms with Crippen LogP contribution in [0, 0.1) is 5.41 Å². The number of hydrogen-bond donors (Lipinski definition) is 0. The van der Waals surface area contributed by atoms with Crippen LogP contribution in [-0.4, -0.2) is 38.8 Å². The Morgan fingerprint density at radius 1 is 1.14 bits per heavy atom. The van der Waals surface area contributed by atoms with Crippen LogP contribution >= 0.6 is 0 Å². The largest absolute Gasteiger partial charge is 0.378 e. The Kier molecular flexibility index (Phi) is 3.66. The number of carbonyl (C=O) groups excluding carboxylic acids is 1. The van der Waals surface area contributed by atoms with Crippen LogP contribution in [0.15, 0.2) is 18.2 Å². The predicted molar refractivity (Wildman–Crippen MR) is 85.0 cm³/mol. The van der Waals surface area contributed by atoms with Gasteiger partial charge in [-0.25, -0.2) is 0 Å². The Morgan fingerprint density at radius 3 is 2.52 bits per heavy atom. The lowest BCUT2D eigenvalue weighted by molar-refractivity contribution is -0.125. The summed E-state index contributed by atoms with van der Waals surface area (Å²) in [6, 6.07) is 6.49. The van der Waals surface area contributed by atoms with Gasteiger partial charge >= 0.3 is 0 Å². The third-order valence-electron chi connectivity index (χ3n) is 4.22. The van der Waals surface area contributed by atoms with Crippen molar-refractivity contribution in [3.05, 3.63) is 23.8 Å². The highest BCUT2D eigenvalue weighted by Crippen LogP contribution is 2.34. The molecule has 1 aromatic carbocycles. The Bertz CT molecular complexity index is 542. The Hall–Kier alpha value is -1.55. The van der Waals surface area contributed by atoms with Crippen LogP contribution in [0.3, 0.4) is 0 Å². The van der Waals surface area contributed by atoms with Gasteiger partial charge in [0.05, 0.1) is 13.2 Å². The smallest absolute Gasteiger partial charge is 0.232 e. The molecule has 0 spiro atoms. The number of carbonyl (C=O) groups is 1. The van der Waals surface area contributed by atoms with E-state index in [-0.39, 0.29) is 11.3 Å². The molecule has 2 aliphatic rings. The monoisotopic (exact) mass is 288 g/mol. The highest BCUT2D eigenvalue weighted by atomic mass is 16.5. The van der Waals surface area contributed by atoms with Gasteiger partial charge in [0.1, 0.15) is 0 Å². The summed E-state index contributed by atoms with van der Waals surface area (Å²) in [7, 11) is 0. The number of hydrogen-bond acceptors (Lipinski definition) is 3. The molecule has 0 atom stereocenters. The van der Waals surface area contributed by atoms with E-state index >= 15 is 0 Å². The molecule has 0 unspecified atom stereocenters. The van der Waals surface area contributed by atoms with E-state index in [4.69, 9.17) is 4.74 Å². The molecular formula is C17H24N2O2. The average Bonchev–Trinajstić information content (AvgIpc) is 2.89. The Labute approximate surface area is 126 Å². The number of anilines is 2. The quantitative estimate of drug-likeness (QED) is 0.796. The minimum absolute atomic E-state index is 0.209. The van der Waals surface area contributed by atoms with Crippen LogP contribution in [0.4, 0.5) is 11.4 Å². The van der Waals surface area contributed by atoms with E-state index in [2.05, 4.69) is 23.1 Å². The molecule has 0 saturated carbocycles. The molecular weight excluding hydrogens is 264 g/mol. The summed E-state index contributed by atoms with van der Waals surface area (Å²) in [6.07, 6.45) is 0.954. The minimum atomic E-state index is -0.329. The molecule has 1 amide bonds. The van der Waals surface area contributed by atoms with E-state index in [1.807, 2.05) is 25.7 Å². The van der Waals surface area contributed by atoms with E-state index in [0.717, 1.165) is 45.0 Å². The number of benzene rings is 1. The highest BCUT2D eigenvalue weighted by molar-refractivity contribution is 5.98. The maximum atomic E-state index is 12.5. The first-order valence-corrected chi connectivity index (χ1v) is 7.74. The van der Waals surface area contributed by atoms with Gasteiger partial charge < -0.3 is 14.5 Å². The summed E-state index contributed by atoms with van der Waals surface area (Å²) in [5.41, 5.74) is 3.30. The zero-order valence-corrected chi connectivity index (χ0v) is 13.2. The Balaban J connectivity index is 1.83. The lowest BCUT2D eigenvalue weighted by Gasteiger charge is -2.30. The maximum absolute atomic E-state index is 12.5. The SMILES string of the molecule is CC(C)(C)C(=O)N1CCc2cc(N3CCOCC3)ccc21. The first-order chi connectivity index (χ1) is 9.97. The van der Waals surface area contributed by atoms with Crippen LogP contribution in [0.25, 0.3) is 0 Å². The van der Waals surface area contributed by atoms with Gasteiger partial charge in [0.25, 0.3) is 0 Å². The molecule has 1 aromatic rings. The van der Waals surface area contributed by atoms with Crippen molar-refractivity contribution in [2.24, 2.45) is 5.41 Å². The first-order valence-electron chi connectivity index (χ1n) is 7.74. The van der Waals surface area contributed by atoms with Gasteiger partial charge in [-0.3, -0.25) is 4.79 Å². The molecule has 4 nitrogen and oxygen atoms in total. The third kappa shape index (κ3) is 2.77. The first kappa shape index (κ1) is 14.4. The fourth-order valence-electron chi connectivity index (χ4n) is 3.02. The fraction of sp³-hybridized carbons (Fsp3) is 0.588. The van der Waals surface area contributed by atoms with Crippen molar-refractivity contribution < 1.29 is 9.53 Å². The van der Waals surface area contributed by atoms with Gasteiger partial charge in [0.2, 0.25) is 5.91 Å². The second-order valence-electron chi connectivity index (χ2n) is 6.87. The van der Waals surface area contributed by atoms with Crippen molar-refractivity contribution in [2.75, 3.05) is 42.6 Å². The van der Waals surface area contributed by atoms with E-state index in [0.29, 0.717) is 0 Å². The zero-order chi connectivity index (χ0) is 15.0. The van der Waals surface area contributed by atoms with Crippen LogP contribution in [0.1, 0.15) is 26.3 Å². The van der Waals surface area contributed by atoms with Crippen molar-refractivity contribution in [1.29, 1.82) is 0 Å². The summed E-state index contributed by atoms with van der Waals surface area (Å²) < 4.78 is 5.41. The Morgan fingerprint density at radius 2 is 1.86 bits per heavy atom. The third-order valence-corrected chi connectivity index (χ3v) is 4.22. The normalized spacial score (nSPS) is 18.8. The summed E-state index contributed by atoms with van der Waals surface area (Å²) in [5, 5.41) is 0. The summed E-state index contributed by atoms with van der Waals surface area (Å²) >= 11 is 0. The lowest BCUT2D eigenvalue weighted by Crippen LogP contribution is -2.38. The number of rotatable bonds is 1. The fourth-order valence-corrected chi connectivity index (χ4v) is 3.02. The molecule has 114 valence electrons. The second kappa shape index (κ2) is 5.34. The summed E-state index contributed by atoms with van der Waals surface area (Å²) in [6.45, 7) is 10.2. The number of nitrogens with zero attached hydrogens (tertiary/aromatic N) is 2. The molecule has 2 aliphatic heterocycles. The molecule has 1 fully saturated rings. The van der Waals surface area contributed by atoms with Gasteiger partial charge in [0.15, 0.2) is 0 Å². The number of amides is 1. The topological polar surface area (TPSA) is 32.8 Å². The molecule has 3 rings (SSSR count). The van der Waals surface area contributed by atoms with Crippen LogP contribution in [-0.2, 0) is 16.0 Å². The van der Waals surface area contributed by atoms with Crippen LogP contribution in [0.5, 0.6) is 0 Å². The number of morpholine rings is 1. The summed E-state index contributed by atoms with van der Waals surface area (Å²) in [4.78, 5) is 16.8. The van der Waals surface area contributed by atoms with E-state index in [1.165, 1.54) is 11.3 Å². The second-order valence-corrected chi connectivity index (χ2v) is 6.87. The van der Waals surface area contributed by atoms with Gasteiger partial charge in [-0.1, -0.05) is 20.8 Å². The van der Waals surface area contributed by atoms with Gasteiger partial charge in [-0.2, -0.15) is 0 Å². The lowest BCUT2D eigenvalue weighted by atomic mass is 9.94. The van der Waals surface area contributed by atoms with Crippen molar-refractivity contribution in [3.8, 4) is 0 Å². The van der Waals surface area contributed by atoms with Gasteiger partial charge in [-0.05, 0) is 30.2 Å². The van der Waals surface area contributed by atoms with E-state index in [1.54, 1.807) is 0 Å². The van der Waals surface area contributed by atoms with E-state index < -0.39 is 0 Å².